The van der Waals surface area contributed by atoms with Crippen LogP contribution in [0.5, 0.6) is 0 Å². The van der Waals surface area contributed by atoms with Gasteiger partial charge in [0.15, 0.2) is 0 Å². The molecule has 0 aromatic carbocycles. The van der Waals surface area contributed by atoms with E-state index in [2.05, 4.69) is 27.1 Å². The summed E-state index contributed by atoms with van der Waals surface area (Å²) in [6.07, 6.45) is 3.47. The van der Waals surface area contributed by atoms with Crippen LogP contribution in [-0.4, -0.2) is 72.3 Å². The third kappa shape index (κ3) is 4.55. The van der Waals surface area contributed by atoms with E-state index in [4.69, 9.17) is 4.74 Å². The molecule has 0 bridgehead atoms. The molecule has 0 radical (unpaired) electrons. The molecule has 2 fully saturated rings. The highest BCUT2D eigenvalue weighted by atomic mass is 16.6. The van der Waals surface area contributed by atoms with Gasteiger partial charge in [-0.3, -0.25) is 15.0 Å². The molecule has 138 valence electrons. The van der Waals surface area contributed by atoms with Crippen LogP contribution in [0.3, 0.4) is 0 Å². The van der Waals surface area contributed by atoms with Gasteiger partial charge in [-0.05, 0) is 18.8 Å². The second kappa shape index (κ2) is 8.39. The maximum atomic E-state index is 11.6. The lowest BCUT2D eigenvalue weighted by atomic mass is 9.99. The van der Waals surface area contributed by atoms with E-state index >= 15 is 0 Å². The number of nitro groups is 1. The number of nitrogens with zero attached hydrogens (tertiary/aromatic N) is 5. The first-order chi connectivity index (χ1) is 12.1. The molecule has 0 amide bonds. The van der Waals surface area contributed by atoms with Gasteiger partial charge in [0.1, 0.15) is 6.33 Å². The van der Waals surface area contributed by atoms with E-state index in [0.717, 1.165) is 58.8 Å². The molecule has 0 atom stereocenters. The first-order valence-electron chi connectivity index (χ1n) is 8.93. The molecule has 1 N–H and O–H groups in total. The molecular weight excluding hydrogens is 324 g/mol. The van der Waals surface area contributed by atoms with Crippen LogP contribution in [-0.2, 0) is 4.74 Å². The maximum absolute atomic E-state index is 11.6. The minimum absolute atomic E-state index is 0.0148. The predicted molar refractivity (Wildman–Crippen MR) is 95.0 cm³/mol. The monoisotopic (exact) mass is 350 g/mol. The van der Waals surface area contributed by atoms with Gasteiger partial charge in [0.25, 0.3) is 0 Å². The third-order valence-corrected chi connectivity index (χ3v) is 4.89. The summed E-state index contributed by atoms with van der Waals surface area (Å²) in [5, 5.41) is 14.8. The van der Waals surface area contributed by atoms with E-state index in [1.165, 1.54) is 6.33 Å². The Morgan fingerprint density at radius 3 is 2.68 bits per heavy atom. The first kappa shape index (κ1) is 17.8. The Hall–Kier alpha value is -2.00. The average molecular weight is 350 g/mol. The van der Waals surface area contributed by atoms with Crippen molar-refractivity contribution < 1.29 is 9.66 Å². The zero-order valence-electron chi connectivity index (χ0n) is 14.7. The highest BCUT2D eigenvalue weighted by Crippen LogP contribution is 2.33. The number of aromatic nitrogens is 2. The summed E-state index contributed by atoms with van der Waals surface area (Å²) in [5.74, 6) is 1.39. The van der Waals surface area contributed by atoms with E-state index in [1.807, 2.05) is 4.90 Å². The average Bonchev–Trinajstić information content (AvgIpc) is 2.63. The number of piperidine rings is 1. The second-order valence-corrected chi connectivity index (χ2v) is 6.70. The molecule has 2 aliphatic heterocycles. The van der Waals surface area contributed by atoms with E-state index in [9.17, 15) is 10.1 Å². The van der Waals surface area contributed by atoms with E-state index in [1.54, 1.807) is 0 Å². The van der Waals surface area contributed by atoms with E-state index < -0.39 is 0 Å². The van der Waals surface area contributed by atoms with Gasteiger partial charge < -0.3 is 15.0 Å². The number of morpholine rings is 1. The number of nitrogens with one attached hydrogen (secondary N) is 1. The van der Waals surface area contributed by atoms with Crippen LogP contribution < -0.4 is 10.2 Å². The Labute approximate surface area is 147 Å². The SMILES string of the molecule is CC1CCN(c2ncnc(NCCN3CCOCC3)c2[N+](=O)[O-])CC1. The quantitative estimate of drug-likeness (QED) is 0.607. The molecule has 9 heteroatoms. The first-order valence-corrected chi connectivity index (χ1v) is 8.93. The summed E-state index contributed by atoms with van der Waals surface area (Å²) < 4.78 is 5.33. The molecule has 2 saturated heterocycles. The lowest BCUT2D eigenvalue weighted by Gasteiger charge is -2.30. The fourth-order valence-corrected chi connectivity index (χ4v) is 3.28. The van der Waals surface area contributed by atoms with Crippen molar-refractivity contribution in [2.75, 3.05) is 62.7 Å². The number of hydrogen-bond donors (Lipinski definition) is 1. The van der Waals surface area contributed by atoms with Crippen molar-refractivity contribution in [1.82, 2.24) is 14.9 Å². The van der Waals surface area contributed by atoms with Gasteiger partial charge in [-0.25, -0.2) is 9.97 Å². The van der Waals surface area contributed by atoms with Crippen molar-refractivity contribution in [3.05, 3.63) is 16.4 Å². The summed E-state index contributed by atoms with van der Waals surface area (Å²) >= 11 is 0. The Morgan fingerprint density at radius 1 is 1.28 bits per heavy atom. The van der Waals surface area contributed by atoms with Gasteiger partial charge in [0.2, 0.25) is 11.6 Å². The summed E-state index contributed by atoms with van der Waals surface area (Å²) in [5.41, 5.74) is -0.0148. The molecule has 0 spiro atoms. The van der Waals surface area contributed by atoms with Gasteiger partial charge in [0, 0.05) is 39.3 Å². The molecule has 0 aliphatic carbocycles. The van der Waals surface area contributed by atoms with Crippen LogP contribution in [0.1, 0.15) is 19.8 Å². The minimum atomic E-state index is -0.371. The number of hydrogen-bond acceptors (Lipinski definition) is 8. The predicted octanol–water partition coefficient (Wildman–Crippen LogP) is 1.37. The van der Waals surface area contributed by atoms with Gasteiger partial charge in [-0.1, -0.05) is 6.92 Å². The van der Waals surface area contributed by atoms with Crippen LogP contribution in [0.25, 0.3) is 0 Å². The molecule has 3 heterocycles. The van der Waals surface area contributed by atoms with Gasteiger partial charge >= 0.3 is 5.69 Å². The van der Waals surface area contributed by atoms with E-state index in [-0.39, 0.29) is 10.6 Å². The highest BCUT2D eigenvalue weighted by molar-refractivity contribution is 5.70. The molecule has 3 rings (SSSR count). The Bertz CT molecular complexity index is 585. The fourth-order valence-electron chi connectivity index (χ4n) is 3.28. The summed E-state index contributed by atoms with van der Waals surface area (Å²) in [7, 11) is 0. The number of anilines is 2. The zero-order chi connectivity index (χ0) is 17.6. The summed E-state index contributed by atoms with van der Waals surface area (Å²) in [6, 6.07) is 0. The molecule has 2 aliphatic rings. The summed E-state index contributed by atoms with van der Waals surface area (Å²) in [6.45, 7) is 8.49. The zero-order valence-corrected chi connectivity index (χ0v) is 14.7. The van der Waals surface area contributed by atoms with Crippen molar-refractivity contribution in [3.8, 4) is 0 Å². The molecular formula is C16H26N6O3. The molecule has 25 heavy (non-hydrogen) atoms. The highest BCUT2D eigenvalue weighted by Gasteiger charge is 2.28. The Balaban J connectivity index is 1.68. The van der Waals surface area contributed by atoms with Crippen LogP contribution in [0, 0.1) is 16.0 Å². The molecule has 0 unspecified atom stereocenters. The van der Waals surface area contributed by atoms with Crippen molar-refractivity contribution in [2.24, 2.45) is 5.92 Å². The molecule has 9 nitrogen and oxygen atoms in total. The van der Waals surface area contributed by atoms with Gasteiger partial charge in [-0.2, -0.15) is 0 Å². The standard InChI is InChI=1S/C16H26N6O3/c1-13-2-5-21(6-3-13)16-14(22(23)24)15(18-12-19-16)17-4-7-20-8-10-25-11-9-20/h12-13H,2-11H2,1H3,(H,17,18,19). The molecule has 1 aromatic rings. The number of ether oxygens (including phenoxy) is 1. The second-order valence-electron chi connectivity index (χ2n) is 6.70. The Morgan fingerprint density at radius 2 is 2.00 bits per heavy atom. The lowest BCUT2D eigenvalue weighted by molar-refractivity contribution is -0.383. The Kier molecular flexibility index (Phi) is 5.98. The van der Waals surface area contributed by atoms with Crippen molar-refractivity contribution in [2.45, 2.75) is 19.8 Å². The largest absolute Gasteiger partial charge is 0.379 e. The third-order valence-electron chi connectivity index (χ3n) is 4.89. The molecule has 1 aromatic heterocycles. The maximum Gasteiger partial charge on any atom is 0.353 e. The van der Waals surface area contributed by atoms with Gasteiger partial charge in [0.05, 0.1) is 18.1 Å². The number of rotatable bonds is 6. The van der Waals surface area contributed by atoms with Crippen LogP contribution in [0.15, 0.2) is 6.33 Å². The lowest BCUT2D eigenvalue weighted by Crippen LogP contribution is -2.39. The normalized spacial score (nSPS) is 19.8. The summed E-state index contributed by atoms with van der Waals surface area (Å²) in [4.78, 5) is 23.9. The topological polar surface area (TPSA) is 96.7 Å². The fraction of sp³-hybridized carbons (Fsp3) is 0.750. The van der Waals surface area contributed by atoms with Crippen molar-refractivity contribution in [1.29, 1.82) is 0 Å². The van der Waals surface area contributed by atoms with Crippen molar-refractivity contribution >= 4 is 17.3 Å². The van der Waals surface area contributed by atoms with Crippen molar-refractivity contribution in [3.63, 3.8) is 0 Å². The van der Waals surface area contributed by atoms with Crippen LogP contribution >= 0.6 is 0 Å². The van der Waals surface area contributed by atoms with Crippen LogP contribution in [0.2, 0.25) is 0 Å². The molecule has 0 saturated carbocycles. The minimum Gasteiger partial charge on any atom is -0.379 e. The van der Waals surface area contributed by atoms with E-state index in [0.29, 0.717) is 24.1 Å². The smallest absolute Gasteiger partial charge is 0.353 e. The van der Waals surface area contributed by atoms with Crippen LogP contribution in [0.4, 0.5) is 17.3 Å². The van der Waals surface area contributed by atoms with Gasteiger partial charge in [-0.15, -0.1) is 0 Å².